The summed E-state index contributed by atoms with van der Waals surface area (Å²) in [6.45, 7) is 8.60. The largest absolute Gasteiger partial charge is 0.379 e. The second-order valence-electron chi connectivity index (χ2n) is 6.47. The fraction of sp³-hybridized carbons (Fsp3) is 0.722. The zero-order valence-corrected chi connectivity index (χ0v) is 13.6. The Morgan fingerprint density at radius 2 is 2.32 bits per heavy atom. The van der Waals surface area contributed by atoms with Crippen LogP contribution in [0.3, 0.4) is 0 Å². The third-order valence-electron chi connectivity index (χ3n) is 4.87. The third kappa shape index (κ3) is 3.60. The van der Waals surface area contributed by atoms with Crippen LogP contribution in [-0.4, -0.2) is 36.5 Å². The van der Waals surface area contributed by atoms with Gasteiger partial charge in [-0.1, -0.05) is 24.0 Å². The zero-order valence-electron chi connectivity index (χ0n) is 13.6. The number of carbonyl (C=O) groups is 1. The average molecular weight is 306 g/mol. The predicted molar refractivity (Wildman–Crippen MR) is 84.0 cm³/mol. The predicted octanol–water partition coefficient (Wildman–Crippen LogP) is 2.46. The standard InChI is InChI=1S/C18H26O4/c1-13(2)14-9-10-16(20)18(14,3)15(19)7-6-12-22-17-8-4-5-11-21-17/h14-15,17,19H,1,4-5,8-12H2,2-3H3/t14-,15?,17?,18+/m0/s1. The molecule has 4 heteroatoms. The first-order valence-corrected chi connectivity index (χ1v) is 8.04. The van der Waals surface area contributed by atoms with E-state index in [2.05, 4.69) is 18.4 Å². The van der Waals surface area contributed by atoms with Gasteiger partial charge < -0.3 is 14.6 Å². The topological polar surface area (TPSA) is 55.8 Å². The van der Waals surface area contributed by atoms with Crippen LogP contribution in [0.15, 0.2) is 12.2 Å². The van der Waals surface area contributed by atoms with Crippen LogP contribution in [0.1, 0.15) is 46.0 Å². The number of rotatable bonds is 4. The van der Waals surface area contributed by atoms with E-state index in [1.165, 1.54) is 0 Å². The molecule has 2 fully saturated rings. The molecule has 2 aliphatic rings. The molecule has 0 spiro atoms. The Morgan fingerprint density at radius 1 is 1.55 bits per heavy atom. The molecule has 0 aromatic carbocycles. The molecular weight excluding hydrogens is 280 g/mol. The number of ketones is 1. The molecule has 22 heavy (non-hydrogen) atoms. The molecule has 0 amide bonds. The van der Waals surface area contributed by atoms with Gasteiger partial charge in [-0.3, -0.25) is 4.79 Å². The lowest BCUT2D eigenvalue weighted by molar-refractivity contribution is -0.154. The van der Waals surface area contributed by atoms with Gasteiger partial charge in [0.05, 0.1) is 5.41 Å². The van der Waals surface area contributed by atoms with Crippen LogP contribution in [0.4, 0.5) is 0 Å². The minimum atomic E-state index is -0.986. The molecule has 1 aliphatic heterocycles. The van der Waals surface area contributed by atoms with Gasteiger partial charge in [0.25, 0.3) is 0 Å². The molecule has 1 aliphatic carbocycles. The zero-order chi connectivity index (χ0) is 16.2. The number of carbonyl (C=O) groups excluding carboxylic acids is 1. The molecule has 122 valence electrons. The van der Waals surface area contributed by atoms with Crippen molar-refractivity contribution in [3.63, 3.8) is 0 Å². The van der Waals surface area contributed by atoms with E-state index in [1.807, 2.05) is 6.92 Å². The van der Waals surface area contributed by atoms with E-state index in [-0.39, 0.29) is 24.6 Å². The molecule has 2 unspecified atom stereocenters. The van der Waals surface area contributed by atoms with Crippen LogP contribution in [0.2, 0.25) is 0 Å². The van der Waals surface area contributed by atoms with Crippen LogP contribution in [0.5, 0.6) is 0 Å². The van der Waals surface area contributed by atoms with Crippen LogP contribution in [0, 0.1) is 23.2 Å². The number of Topliss-reactive ketones (excluding diaryl/α,β-unsaturated/α-hetero) is 1. The number of allylic oxidation sites excluding steroid dienone is 1. The highest BCUT2D eigenvalue weighted by atomic mass is 16.7. The van der Waals surface area contributed by atoms with E-state index in [0.29, 0.717) is 6.42 Å². The number of aliphatic hydroxyl groups is 1. The van der Waals surface area contributed by atoms with Crippen LogP contribution in [0.25, 0.3) is 0 Å². The summed E-state index contributed by atoms with van der Waals surface area (Å²) in [6.07, 6.45) is 3.13. The molecule has 1 heterocycles. The van der Waals surface area contributed by atoms with Gasteiger partial charge in [0, 0.05) is 13.0 Å². The number of hydrogen-bond donors (Lipinski definition) is 1. The Kier molecular flexibility index (Phi) is 5.80. The molecule has 4 nitrogen and oxygen atoms in total. The Labute approximate surface area is 132 Å². The Morgan fingerprint density at radius 3 is 2.95 bits per heavy atom. The maximum absolute atomic E-state index is 12.2. The highest BCUT2D eigenvalue weighted by Crippen LogP contribution is 2.46. The van der Waals surface area contributed by atoms with Crippen molar-refractivity contribution in [1.29, 1.82) is 0 Å². The van der Waals surface area contributed by atoms with Crippen molar-refractivity contribution in [3.8, 4) is 11.8 Å². The average Bonchev–Trinajstić information content (AvgIpc) is 2.81. The summed E-state index contributed by atoms with van der Waals surface area (Å²) in [6, 6.07) is 0. The van der Waals surface area contributed by atoms with Crippen molar-refractivity contribution in [2.45, 2.75) is 58.3 Å². The summed E-state index contributed by atoms with van der Waals surface area (Å²) in [5.74, 6) is 5.67. The maximum atomic E-state index is 12.2. The van der Waals surface area contributed by atoms with Gasteiger partial charge in [-0.25, -0.2) is 0 Å². The number of ether oxygens (including phenoxy) is 2. The second kappa shape index (κ2) is 7.41. The molecule has 1 saturated heterocycles. The minimum absolute atomic E-state index is 0.00750. The van der Waals surface area contributed by atoms with Crippen molar-refractivity contribution in [2.75, 3.05) is 13.2 Å². The van der Waals surface area contributed by atoms with Gasteiger partial charge in [0.1, 0.15) is 18.5 Å². The molecule has 0 bridgehead atoms. The highest BCUT2D eigenvalue weighted by molar-refractivity contribution is 5.88. The van der Waals surface area contributed by atoms with Crippen molar-refractivity contribution >= 4 is 5.78 Å². The monoisotopic (exact) mass is 306 g/mol. The first-order chi connectivity index (χ1) is 10.5. The fourth-order valence-corrected chi connectivity index (χ4v) is 3.41. The summed E-state index contributed by atoms with van der Waals surface area (Å²) in [5, 5.41) is 10.4. The van der Waals surface area contributed by atoms with Crippen molar-refractivity contribution < 1.29 is 19.4 Å². The highest BCUT2D eigenvalue weighted by Gasteiger charge is 2.50. The Balaban J connectivity index is 1.92. The van der Waals surface area contributed by atoms with Crippen LogP contribution >= 0.6 is 0 Å². The van der Waals surface area contributed by atoms with Crippen molar-refractivity contribution in [1.82, 2.24) is 0 Å². The van der Waals surface area contributed by atoms with Gasteiger partial charge in [-0.15, -0.1) is 0 Å². The van der Waals surface area contributed by atoms with E-state index in [0.717, 1.165) is 37.9 Å². The lowest BCUT2D eigenvalue weighted by atomic mass is 9.72. The molecule has 0 aromatic heterocycles. The SMILES string of the molecule is C=C(C)[C@@H]1CCC(=O)[C@@]1(C)C(O)C#CCOC1CCCCO1. The summed E-state index contributed by atoms with van der Waals surface area (Å²) >= 11 is 0. The normalized spacial score (nSPS) is 33.1. The van der Waals surface area contributed by atoms with Gasteiger partial charge in [0.15, 0.2) is 6.29 Å². The van der Waals surface area contributed by atoms with E-state index in [9.17, 15) is 9.90 Å². The maximum Gasteiger partial charge on any atom is 0.158 e. The summed E-state index contributed by atoms with van der Waals surface area (Å²) in [5.41, 5.74) is 0.0845. The van der Waals surface area contributed by atoms with Crippen LogP contribution < -0.4 is 0 Å². The van der Waals surface area contributed by atoms with Crippen molar-refractivity contribution in [2.24, 2.45) is 11.3 Å². The molecular formula is C18H26O4. The molecule has 0 aromatic rings. The summed E-state index contributed by atoms with van der Waals surface area (Å²) in [7, 11) is 0. The van der Waals surface area contributed by atoms with E-state index >= 15 is 0 Å². The first-order valence-electron chi connectivity index (χ1n) is 8.04. The number of hydrogen-bond acceptors (Lipinski definition) is 4. The van der Waals surface area contributed by atoms with Gasteiger partial charge >= 0.3 is 0 Å². The van der Waals surface area contributed by atoms with Crippen molar-refractivity contribution in [3.05, 3.63) is 12.2 Å². The number of aliphatic hydroxyl groups excluding tert-OH is 1. The smallest absolute Gasteiger partial charge is 0.158 e. The molecule has 2 rings (SSSR count). The second-order valence-corrected chi connectivity index (χ2v) is 6.47. The Hall–Kier alpha value is -1.15. The van der Waals surface area contributed by atoms with Gasteiger partial charge in [-0.05, 0) is 45.4 Å². The molecule has 0 radical (unpaired) electrons. The quantitative estimate of drug-likeness (QED) is 0.640. The Bertz CT molecular complexity index is 481. The summed E-state index contributed by atoms with van der Waals surface area (Å²) in [4.78, 5) is 12.2. The molecule has 1 N–H and O–H groups in total. The van der Waals surface area contributed by atoms with E-state index in [4.69, 9.17) is 9.47 Å². The lowest BCUT2D eigenvalue weighted by Gasteiger charge is -2.32. The molecule has 1 saturated carbocycles. The van der Waals surface area contributed by atoms with Gasteiger partial charge in [0.2, 0.25) is 0 Å². The van der Waals surface area contributed by atoms with E-state index < -0.39 is 11.5 Å². The first kappa shape index (κ1) is 17.2. The third-order valence-corrected chi connectivity index (χ3v) is 4.87. The lowest BCUT2D eigenvalue weighted by Crippen LogP contribution is -2.41. The van der Waals surface area contributed by atoms with Crippen LogP contribution in [-0.2, 0) is 14.3 Å². The molecule has 4 atom stereocenters. The van der Waals surface area contributed by atoms with E-state index in [1.54, 1.807) is 6.92 Å². The summed E-state index contributed by atoms with van der Waals surface area (Å²) < 4.78 is 11.0. The minimum Gasteiger partial charge on any atom is -0.379 e. The van der Waals surface area contributed by atoms with Gasteiger partial charge in [-0.2, -0.15) is 0 Å². The fourth-order valence-electron chi connectivity index (χ4n) is 3.41.